The Morgan fingerprint density at radius 3 is 2.31 bits per heavy atom. The van der Waals surface area contributed by atoms with Gasteiger partial charge in [-0.15, -0.1) is 0 Å². The van der Waals surface area contributed by atoms with E-state index in [-0.39, 0.29) is 5.54 Å². The summed E-state index contributed by atoms with van der Waals surface area (Å²) in [6, 6.07) is 4.40. The summed E-state index contributed by atoms with van der Waals surface area (Å²) in [6.07, 6.45) is 0.518. The number of nitrogens with zero attached hydrogens (tertiary/aromatic N) is 2. The Bertz CT molecular complexity index is 218. The fourth-order valence-electron chi connectivity index (χ4n) is 0.936. The molecule has 0 rings (SSSR count). The van der Waals surface area contributed by atoms with Crippen LogP contribution >= 0.6 is 0 Å². The van der Waals surface area contributed by atoms with E-state index in [9.17, 15) is 0 Å². The monoisotopic (exact) mass is 195 g/mol. The van der Waals surface area contributed by atoms with Gasteiger partial charge in [0.2, 0.25) is 0 Å². The second-order valence-corrected chi connectivity index (χ2v) is 9.59. The number of rotatable bonds is 5. The van der Waals surface area contributed by atoms with Crippen molar-refractivity contribution in [2.75, 3.05) is 13.1 Å². The Morgan fingerprint density at radius 1 is 1.31 bits per heavy atom. The van der Waals surface area contributed by atoms with Gasteiger partial charge in [0.15, 0.2) is 0 Å². The molecule has 0 aromatic carbocycles. The molecule has 4 heteroatoms. The van der Waals surface area contributed by atoms with Crippen LogP contribution in [-0.4, -0.2) is 21.2 Å². The number of nitriles is 2. The molecule has 0 saturated carbocycles. The average Bonchev–Trinajstić information content (AvgIpc) is 2.02. The maximum Gasteiger partial charge on any atom is 0.0656 e. The molecular formula is C9H17N3Si. The summed E-state index contributed by atoms with van der Waals surface area (Å²) in [4.78, 5) is 0. The highest BCUT2D eigenvalue weighted by atomic mass is 28.3. The first-order valence-corrected chi connectivity index (χ1v) is 8.07. The minimum Gasteiger partial charge on any atom is -0.315 e. The van der Waals surface area contributed by atoms with E-state index in [2.05, 4.69) is 37.1 Å². The van der Waals surface area contributed by atoms with Crippen molar-refractivity contribution < 1.29 is 0 Å². The van der Waals surface area contributed by atoms with Gasteiger partial charge in [0.25, 0.3) is 0 Å². The molecule has 1 atom stereocenters. The standard InChI is InChI=1S/C9H17N3Si/c1-13(2,3)9(7-11)8-12-6-4-5-10/h9,12H,4,6,8H2,1-3H3. The molecule has 0 heterocycles. The smallest absolute Gasteiger partial charge is 0.0656 e. The van der Waals surface area contributed by atoms with Crippen molar-refractivity contribution in [2.45, 2.75) is 31.6 Å². The lowest BCUT2D eigenvalue weighted by Gasteiger charge is -2.22. The Morgan fingerprint density at radius 2 is 1.92 bits per heavy atom. The summed E-state index contributed by atoms with van der Waals surface area (Å²) >= 11 is 0. The third-order valence-electron chi connectivity index (χ3n) is 1.96. The van der Waals surface area contributed by atoms with Gasteiger partial charge in [-0.3, -0.25) is 0 Å². The van der Waals surface area contributed by atoms with Crippen LogP contribution < -0.4 is 5.32 Å². The maximum absolute atomic E-state index is 8.90. The van der Waals surface area contributed by atoms with Crippen LogP contribution in [0.5, 0.6) is 0 Å². The quantitative estimate of drug-likeness (QED) is 0.537. The molecule has 1 unspecified atom stereocenters. The summed E-state index contributed by atoms with van der Waals surface area (Å²) in [5.74, 6) is 0. The van der Waals surface area contributed by atoms with E-state index in [0.717, 1.165) is 6.54 Å². The first kappa shape index (κ1) is 12.2. The molecule has 72 valence electrons. The maximum atomic E-state index is 8.90. The van der Waals surface area contributed by atoms with Crippen molar-refractivity contribution in [3.8, 4) is 12.1 Å². The van der Waals surface area contributed by atoms with Crippen molar-refractivity contribution in [1.82, 2.24) is 5.32 Å². The van der Waals surface area contributed by atoms with Crippen LogP contribution in [0.4, 0.5) is 0 Å². The van der Waals surface area contributed by atoms with Crippen molar-refractivity contribution in [2.24, 2.45) is 0 Å². The molecule has 0 aromatic rings. The summed E-state index contributed by atoms with van der Waals surface area (Å²) in [5, 5.41) is 20.3. The van der Waals surface area contributed by atoms with Gasteiger partial charge in [-0.05, 0) is 0 Å². The van der Waals surface area contributed by atoms with Crippen LogP contribution in [0, 0.1) is 22.7 Å². The summed E-state index contributed by atoms with van der Waals surface area (Å²) in [5.41, 5.74) is 0.145. The zero-order chi connectivity index (χ0) is 10.3. The normalized spacial score (nSPS) is 13.0. The molecule has 0 amide bonds. The number of hydrogen-bond acceptors (Lipinski definition) is 3. The third kappa shape index (κ3) is 5.40. The highest BCUT2D eigenvalue weighted by Crippen LogP contribution is 2.19. The lowest BCUT2D eigenvalue weighted by atomic mass is 10.4. The molecule has 0 aliphatic carbocycles. The molecule has 0 aliphatic heterocycles. The Labute approximate surface area is 81.4 Å². The molecule has 0 fully saturated rings. The van der Waals surface area contributed by atoms with Crippen LogP contribution in [0.2, 0.25) is 25.2 Å². The fraction of sp³-hybridized carbons (Fsp3) is 0.778. The zero-order valence-electron chi connectivity index (χ0n) is 8.59. The minimum absolute atomic E-state index is 0.145. The van der Waals surface area contributed by atoms with Crippen LogP contribution in [0.15, 0.2) is 0 Å². The van der Waals surface area contributed by atoms with E-state index in [1.54, 1.807) is 0 Å². The lowest BCUT2D eigenvalue weighted by Crippen LogP contribution is -2.35. The zero-order valence-corrected chi connectivity index (χ0v) is 9.59. The van der Waals surface area contributed by atoms with Crippen LogP contribution in [0.1, 0.15) is 6.42 Å². The minimum atomic E-state index is -1.35. The second-order valence-electron chi connectivity index (χ2n) is 4.16. The van der Waals surface area contributed by atoms with Crippen LogP contribution in [0.25, 0.3) is 0 Å². The SMILES string of the molecule is C[Si](C)(C)C(C#N)CNCCC#N. The average molecular weight is 195 g/mol. The summed E-state index contributed by atoms with van der Waals surface area (Å²) in [7, 11) is -1.35. The van der Waals surface area contributed by atoms with Crippen LogP contribution in [-0.2, 0) is 0 Å². The highest BCUT2D eigenvalue weighted by molar-refractivity contribution is 6.78. The van der Waals surface area contributed by atoms with Gasteiger partial charge < -0.3 is 5.32 Å². The van der Waals surface area contributed by atoms with Gasteiger partial charge >= 0.3 is 0 Å². The van der Waals surface area contributed by atoms with Crippen molar-refractivity contribution in [3.63, 3.8) is 0 Å². The molecular weight excluding hydrogens is 178 g/mol. The molecule has 0 saturated heterocycles. The molecule has 0 spiro atoms. The Kier molecular flexibility index (Phi) is 5.37. The molecule has 1 N–H and O–H groups in total. The Hall–Kier alpha value is -0.843. The van der Waals surface area contributed by atoms with E-state index in [1.165, 1.54) is 0 Å². The third-order valence-corrected chi connectivity index (χ3v) is 4.39. The fourth-order valence-corrected chi connectivity index (χ4v) is 2.08. The highest BCUT2D eigenvalue weighted by Gasteiger charge is 2.25. The first-order valence-electron chi connectivity index (χ1n) is 4.49. The molecule has 0 aliphatic rings. The van der Waals surface area contributed by atoms with Gasteiger partial charge in [-0.25, -0.2) is 0 Å². The molecule has 0 radical (unpaired) electrons. The number of nitrogens with one attached hydrogen (secondary N) is 1. The topological polar surface area (TPSA) is 59.6 Å². The van der Waals surface area contributed by atoms with Gasteiger partial charge in [-0.2, -0.15) is 10.5 Å². The van der Waals surface area contributed by atoms with E-state index in [1.807, 2.05) is 0 Å². The molecule has 0 bridgehead atoms. The largest absolute Gasteiger partial charge is 0.315 e. The van der Waals surface area contributed by atoms with Gasteiger partial charge in [0.05, 0.1) is 25.8 Å². The van der Waals surface area contributed by atoms with Crippen LogP contribution in [0.3, 0.4) is 0 Å². The Balaban J connectivity index is 3.77. The summed E-state index contributed by atoms with van der Waals surface area (Å²) < 4.78 is 0. The van der Waals surface area contributed by atoms with Crippen molar-refractivity contribution in [1.29, 1.82) is 10.5 Å². The lowest BCUT2D eigenvalue weighted by molar-refractivity contribution is 0.695. The summed E-state index contributed by atoms with van der Waals surface area (Å²) in [6.45, 7) is 7.99. The van der Waals surface area contributed by atoms with E-state index >= 15 is 0 Å². The first-order chi connectivity index (χ1) is 6.02. The van der Waals surface area contributed by atoms with E-state index in [4.69, 9.17) is 10.5 Å². The van der Waals surface area contributed by atoms with E-state index < -0.39 is 8.07 Å². The molecule has 0 aromatic heterocycles. The predicted molar refractivity (Wildman–Crippen MR) is 55.8 cm³/mol. The van der Waals surface area contributed by atoms with Gasteiger partial charge in [0.1, 0.15) is 0 Å². The van der Waals surface area contributed by atoms with E-state index in [0.29, 0.717) is 13.0 Å². The number of hydrogen-bond donors (Lipinski definition) is 1. The predicted octanol–water partition coefficient (Wildman–Crippen LogP) is 1.72. The van der Waals surface area contributed by atoms with Gasteiger partial charge in [0, 0.05) is 19.5 Å². The molecule has 13 heavy (non-hydrogen) atoms. The second kappa shape index (κ2) is 5.74. The molecule has 3 nitrogen and oxygen atoms in total. The van der Waals surface area contributed by atoms with Crippen molar-refractivity contribution in [3.05, 3.63) is 0 Å². The van der Waals surface area contributed by atoms with Gasteiger partial charge in [-0.1, -0.05) is 19.6 Å². The van der Waals surface area contributed by atoms with Crippen molar-refractivity contribution >= 4 is 8.07 Å².